The van der Waals surface area contributed by atoms with Crippen LogP contribution in [0.1, 0.15) is 76.9 Å². The number of carbonyl (C=O) groups is 1. The minimum absolute atomic E-state index is 0.0296. The van der Waals surface area contributed by atoms with Crippen LogP contribution in [-0.2, 0) is 18.6 Å². The van der Waals surface area contributed by atoms with Gasteiger partial charge in [-0.25, -0.2) is 0 Å². The summed E-state index contributed by atoms with van der Waals surface area (Å²) in [6.45, 7) is 16.3. The number of benzene rings is 2. The number of allylic oxidation sites excluding steroid dienone is 1. The Morgan fingerprint density at radius 2 is 1.18 bits per heavy atom. The molecule has 0 amide bonds. The molecule has 0 radical (unpaired) electrons. The van der Waals surface area contributed by atoms with E-state index in [1.807, 2.05) is 52.0 Å². The quantitative estimate of drug-likeness (QED) is 0.640. The second-order valence-corrected chi connectivity index (χ2v) is 11.9. The highest BCUT2D eigenvalue weighted by Gasteiger charge is 2.53. The van der Waals surface area contributed by atoms with E-state index in [-0.39, 0.29) is 5.78 Å². The molecule has 174 valence electrons. The summed E-state index contributed by atoms with van der Waals surface area (Å²) in [5.41, 5.74) is 5.41. The molecular formula is C27H30B2O5. The lowest BCUT2D eigenvalue weighted by Gasteiger charge is -2.32. The Bertz CT molecular complexity index is 1270. The first-order chi connectivity index (χ1) is 15.7. The molecule has 0 N–H and O–H groups in total. The van der Waals surface area contributed by atoms with Gasteiger partial charge in [0.05, 0.1) is 22.4 Å². The maximum absolute atomic E-state index is 13.6. The molecule has 2 aliphatic carbocycles. The summed E-state index contributed by atoms with van der Waals surface area (Å²) < 4.78 is 25.1. The first-order valence-electron chi connectivity index (χ1n) is 12.0. The van der Waals surface area contributed by atoms with E-state index >= 15 is 0 Å². The zero-order valence-corrected chi connectivity index (χ0v) is 21.2. The molecule has 0 atom stereocenters. The molecule has 34 heavy (non-hydrogen) atoms. The lowest BCUT2D eigenvalue weighted by Crippen LogP contribution is -2.41. The fraction of sp³-hybridized carbons (Fsp3) is 0.444. The first kappa shape index (κ1) is 22.3. The SMILES string of the molecule is CC1(C)OB(c2ccc3c(c2)C(=O)C2=Cc4cc2c-3cc4B2OC(C)(C)C(C)(C)O2)OC1(C)C. The van der Waals surface area contributed by atoms with Crippen LogP contribution in [0.4, 0.5) is 0 Å². The van der Waals surface area contributed by atoms with Crippen LogP contribution >= 0.6 is 0 Å². The Balaban J connectivity index is 1.42. The Hall–Kier alpha value is -2.18. The van der Waals surface area contributed by atoms with Crippen molar-refractivity contribution >= 4 is 42.6 Å². The predicted octanol–water partition coefficient (Wildman–Crippen LogP) is 4.00. The molecule has 2 saturated heterocycles. The number of Topliss-reactive ketones (excluding diaryl/α,β-unsaturated/α-hetero) is 1. The van der Waals surface area contributed by atoms with Gasteiger partial charge in [0.15, 0.2) is 5.78 Å². The summed E-state index contributed by atoms with van der Waals surface area (Å²) in [5.74, 6) is 0.0296. The summed E-state index contributed by atoms with van der Waals surface area (Å²) in [6.07, 6.45) is 1.98. The van der Waals surface area contributed by atoms with Crippen molar-refractivity contribution < 1.29 is 23.4 Å². The lowest BCUT2D eigenvalue weighted by atomic mass is 9.72. The van der Waals surface area contributed by atoms with E-state index < -0.39 is 36.6 Å². The Labute approximate surface area is 202 Å². The lowest BCUT2D eigenvalue weighted by molar-refractivity contribution is 0.00578. The molecule has 0 unspecified atom stereocenters. The highest BCUT2D eigenvalue weighted by molar-refractivity contribution is 6.64. The summed E-state index contributed by atoms with van der Waals surface area (Å²) in [5, 5.41) is 0. The van der Waals surface area contributed by atoms with Gasteiger partial charge in [0.1, 0.15) is 0 Å². The van der Waals surface area contributed by atoms with Crippen molar-refractivity contribution in [3.8, 4) is 11.1 Å². The molecule has 2 aromatic carbocycles. The third-order valence-electron chi connectivity index (χ3n) is 8.67. The number of rotatable bonds is 2. The van der Waals surface area contributed by atoms with Gasteiger partial charge in [-0.3, -0.25) is 4.79 Å². The van der Waals surface area contributed by atoms with E-state index in [4.69, 9.17) is 18.6 Å². The van der Waals surface area contributed by atoms with E-state index in [2.05, 4.69) is 39.8 Å². The van der Waals surface area contributed by atoms with Crippen LogP contribution in [0.15, 0.2) is 30.3 Å². The van der Waals surface area contributed by atoms with Crippen LogP contribution in [0, 0.1) is 0 Å². The maximum Gasteiger partial charge on any atom is 0.495 e. The monoisotopic (exact) mass is 456 g/mol. The predicted molar refractivity (Wildman–Crippen MR) is 136 cm³/mol. The van der Waals surface area contributed by atoms with Gasteiger partial charge in [-0.2, -0.15) is 0 Å². The smallest absolute Gasteiger partial charge is 0.399 e. The Kier molecular flexibility index (Phi) is 4.28. The largest absolute Gasteiger partial charge is 0.495 e. The highest BCUT2D eigenvalue weighted by atomic mass is 16.7. The molecule has 0 saturated carbocycles. The first-order valence-corrected chi connectivity index (χ1v) is 12.0. The Morgan fingerprint density at radius 1 is 0.618 bits per heavy atom. The summed E-state index contributed by atoms with van der Waals surface area (Å²) in [7, 11) is -0.992. The fourth-order valence-electron chi connectivity index (χ4n) is 5.05. The highest BCUT2D eigenvalue weighted by Crippen LogP contribution is 2.45. The van der Waals surface area contributed by atoms with Gasteiger partial charge >= 0.3 is 14.2 Å². The number of fused-ring (bicyclic) bond motifs is 3. The van der Waals surface area contributed by atoms with Crippen molar-refractivity contribution in [1.82, 2.24) is 0 Å². The fourth-order valence-corrected chi connectivity index (χ4v) is 5.05. The van der Waals surface area contributed by atoms with Crippen LogP contribution in [0.2, 0.25) is 0 Å². The number of hydrogen-bond donors (Lipinski definition) is 0. The van der Waals surface area contributed by atoms with Gasteiger partial charge in [0, 0.05) is 11.1 Å². The molecule has 0 aromatic heterocycles. The van der Waals surface area contributed by atoms with Gasteiger partial charge < -0.3 is 18.6 Å². The van der Waals surface area contributed by atoms with E-state index in [1.54, 1.807) is 0 Å². The van der Waals surface area contributed by atoms with Gasteiger partial charge in [-0.05, 0) is 101 Å². The third-order valence-corrected chi connectivity index (χ3v) is 8.67. The second-order valence-electron chi connectivity index (χ2n) is 11.9. The molecule has 2 fully saturated rings. The van der Waals surface area contributed by atoms with Crippen molar-refractivity contribution in [2.75, 3.05) is 0 Å². The van der Waals surface area contributed by atoms with Crippen LogP contribution in [0.25, 0.3) is 22.8 Å². The zero-order valence-electron chi connectivity index (χ0n) is 21.2. The van der Waals surface area contributed by atoms with Crippen LogP contribution in [0.3, 0.4) is 0 Å². The van der Waals surface area contributed by atoms with Crippen molar-refractivity contribution in [3.63, 3.8) is 0 Å². The topological polar surface area (TPSA) is 54.0 Å². The van der Waals surface area contributed by atoms with Crippen LogP contribution < -0.4 is 10.9 Å². The number of hydrogen-bond acceptors (Lipinski definition) is 5. The zero-order chi connectivity index (χ0) is 24.4. The van der Waals surface area contributed by atoms with Crippen molar-refractivity contribution in [1.29, 1.82) is 0 Å². The van der Waals surface area contributed by atoms with Gasteiger partial charge in [0.25, 0.3) is 0 Å². The second kappa shape index (κ2) is 6.52. The molecule has 5 nitrogen and oxygen atoms in total. The molecule has 2 aromatic rings. The molecule has 2 heterocycles. The van der Waals surface area contributed by atoms with E-state index in [1.165, 1.54) is 0 Å². The van der Waals surface area contributed by atoms with E-state index in [9.17, 15) is 4.79 Å². The summed E-state index contributed by atoms with van der Waals surface area (Å²) in [6, 6.07) is 10.2. The molecule has 7 heteroatoms. The van der Waals surface area contributed by atoms with Gasteiger partial charge in [0.2, 0.25) is 0 Å². The van der Waals surface area contributed by atoms with E-state index in [0.717, 1.165) is 38.8 Å². The summed E-state index contributed by atoms with van der Waals surface area (Å²) in [4.78, 5) is 13.6. The van der Waals surface area contributed by atoms with Crippen molar-refractivity contribution in [3.05, 3.63) is 47.0 Å². The van der Waals surface area contributed by atoms with E-state index in [0.29, 0.717) is 5.56 Å². The molecule has 2 bridgehead atoms. The van der Waals surface area contributed by atoms with Crippen molar-refractivity contribution in [2.45, 2.75) is 77.8 Å². The van der Waals surface area contributed by atoms with Crippen LogP contribution in [-0.4, -0.2) is 42.4 Å². The van der Waals surface area contributed by atoms with Gasteiger partial charge in [-0.15, -0.1) is 0 Å². The Morgan fingerprint density at radius 3 is 1.76 bits per heavy atom. The molecular weight excluding hydrogens is 426 g/mol. The summed E-state index contributed by atoms with van der Waals surface area (Å²) >= 11 is 0. The number of carbonyl (C=O) groups excluding carboxylic acids is 1. The molecule has 6 rings (SSSR count). The molecule has 4 aliphatic rings. The normalized spacial score (nSPS) is 24.5. The average molecular weight is 456 g/mol. The average Bonchev–Trinajstić information content (AvgIpc) is 3.29. The van der Waals surface area contributed by atoms with Crippen molar-refractivity contribution in [2.24, 2.45) is 0 Å². The van der Waals surface area contributed by atoms with Gasteiger partial charge in [-0.1, -0.05) is 24.3 Å². The number of ketones is 1. The minimum atomic E-state index is -0.510. The third kappa shape index (κ3) is 2.87. The minimum Gasteiger partial charge on any atom is -0.399 e. The molecule has 0 spiro atoms. The maximum atomic E-state index is 13.6. The standard InChI is InChI=1S/C27H30B2O5/c1-24(2)25(3,4)32-28(31-24)16-9-10-17-19-14-22(29-33-26(5,6)27(7,8)34-29)15-11-18(19)20(12-15)23(30)21(17)13-16/h9-14H,1-8H3. The molecule has 2 aliphatic heterocycles. The van der Waals surface area contributed by atoms with Crippen LogP contribution in [0.5, 0.6) is 0 Å².